The number of carbonyl (C=O) groups excluding carboxylic acids is 2. The molecule has 0 atom stereocenters. The molecule has 5 heteroatoms. The SMILES string of the molecule is CCN(CC(=O)NC(C)C)C(=O)OC(C)C. The Balaban J connectivity index is 4.18. The molecule has 0 saturated heterocycles. The van der Waals surface area contributed by atoms with E-state index in [1.807, 2.05) is 20.8 Å². The summed E-state index contributed by atoms with van der Waals surface area (Å²) in [5.41, 5.74) is 0. The van der Waals surface area contributed by atoms with E-state index >= 15 is 0 Å². The number of nitrogens with one attached hydrogen (secondary N) is 1. The van der Waals surface area contributed by atoms with Crippen molar-refractivity contribution in [1.82, 2.24) is 10.2 Å². The van der Waals surface area contributed by atoms with Crippen molar-refractivity contribution in [3.05, 3.63) is 0 Å². The number of hydrogen-bond acceptors (Lipinski definition) is 3. The van der Waals surface area contributed by atoms with E-state index in [0.29, 0.717) is 6.54 Å². The van der Waals surface area contributed by atoms with Crippen LogP contribution in [0.3, 0.4) is 0 Å². The van der Waals surface area contributed by atoms with Gasteiger partial charge >= 0.3 is 6.09 Å². The molecule has 5 nitrogen and oxygen atoms in total. The molecule has 0 bridgehead atoms. The number of ether oxygens (including phenoxy) is 1. The summed E-state index contributed by atoms with van der Waals surface area (Å²) in [4.78, 5) is 24.4. The summed E-state index contributed by atoms with van der Waals surface area (Å²) in [6.07, 6.45) is -0.619. The van der Waals surface area contributed by atoms with Crippen LogP contribution < -0.4 is 5.32 Å². The Morgan fingerprint density at radius 1 is 1.25 bits per heavy atom. The maximum Gasteiger partial charge on any atom is 0.410 e. The van der Waals surface area contributed by atoms with Crippen LogP contribution in [0.25, 0.3) is 0 Å². The number of likely N-dealkylation sites (N-methyl/N-ethyl adjacent to an activating group) is 1. The molecule has 0 rings (SSSR count). The third kappa shape index (κ3) is 6.27. The molecule has 2 amide bonds. The lowest BCUT2D eigenvalue weighted by molar-refractivity contribution is -0.122. The van der Waals surface area contributed by atoms with Gasteiger partial charge in [0.25, 0.3) is 0 Å². The van der Waals surface area contributed by atoms with Gasteiger partial charge in [0.1, 0.15) is 6.54 Å². The van der Waals surface area contributed by atoms with Crippen LogP contribution in [0, 0.1) is 0 Å². The Morgan fingerprint density at radius 2 is 1.81 bits per heavy atom. The maximum absolute atomic E-state index is 11.5. The van der Waals surface area contributed by atoms with Crippen molar-refractivity contribution in [2.24, 2.45) is 0 Å². The molecular weight excluding hydrogens is 208 g/mol. The van der Waals surface area contributed by atoms with Crippen molar-refractivity contribution in [3.63, 3.8) is 0 Å². The first-order valence-electron chi connectivity index (χ1n) is 5.61. The van der Waals surface area contributed by atoms with Gasteiger partial charge in [-0.3, -0.25) is 9.69 Å². The van der Waals surface area contributed by atoms with E-state index in [1.165, 1.54) is 4.90 Å². The monoisotopic (exact) mass is 230 g/mol. The van der Waals surface area contributed by atoms with E-state index in [9.17, 15) is 9.59 Å². The van der Waals surface area contributed by atoms with Gasteiger partial charge < -0.3 is 10.1 Å². The standard InChI is InChI=1S/C11H22N2O3/c1-6-13(11(15)16-9(4)5)7-10(14)12-8(2)3/h8-9H,6-7H2,1-5H3,(H,12,14). The van der Waals surface area contributed by atoms with Gasteiger partial charge in [0.05, 0.1) is 6.10 Å². The van der Waals surface area contributed by atoms with Gasteiger partial charge in [-0.25, -0.2) is 4.79 Å². The molecule has 0 radical (unpaired) electrons. The predicted molar refractivity (Wildman–Crippen MR) is 62.1 cm³/mol. The van der Waals surface area contributed by atoms with Crippen LogP contribution in [0.5, 0.6) is 0 Å². The van der Waals surface area contributed by atoms with Crippen molar-refractivity contribution >= 4 is 12.0 Å². The number of nitrogens with zero attached hydrogens (tertiary/aromatic N) is 1. The second-order valence-electron chi connectivity index (χ2n) is 4.17. The highest BCUT2D eigenvalue weighted by molar-refractivity contribution is 5.82. The van der Waals surface area contributed by atoms with Gasteiger partial charge in [-0.15, -0.1) is 0 Å². The fourth-order valence-electron chi connectivity index (χ4n) is 1.12. The normalized spacial score (nSPS) is 10.4. The molecule has 0 aromatic carbocycles. The summed E-state index contributed by atoms with van der Waals surface area (Å²) in [7, 11) is 0. The van der Waals surface area contributed by atoms with Crippen LogP contribution in [0.15, 0.2) is 0 Å². The summed E-state index contributed by atoms with van der Waals surface area (Å²) in [6.45, 7) is 9.61. The van der Waals surface area contributed by atoms with Crippen LogP contribution in [-0.2, 0) is 9.53 Å². The van der Waals surface area contributed by atoms with Gasteiger partial charge in [-0.1, -0.05) is 0 Å². The lowest BCUT2D eigenvalue weighted by atomic mass is 10.4. The summed E-state index contributed by atoms with van der Waals surface area (Å²) < 4.78 is 5.02. The highest BCUT2D eigenvalue weighted by Crippen LogP contribution is 1.98. The van der Waals surface area contributed by atoms with Crippen molar-refractivity contribution < 1.29 is 14.3 Å². The molecule has 0 aliphatic heterocycles. The Bertz CT molecular complexity index is 239. The summed E-state index contributed by atoms with van der Waals surface area (Å²) in [5, 5.41) is 2.73. The van der Waals surface area contributed by atoms with E-state index in [0.717, 1.165) is 0 Å². The number of rotatable bonds is 5. The number of hydrogen-bond donors (Lipinski definition) is 1. The zero-order chi connectivity index (χ0) is 12.7. The molecule has 0 fully saturated rings. The fourth-order valence-corrected chi connectivity index (χ4v) is 1.12. The van der Waals surface area contributed by atoms with E-state index in [2.05, 4.69) is 5.32 Å². The van der Waals surface area contributed by atoms with Crippen LogP contribution in [0.1, 0.15) is 34.6 Å². The molecular formula is C11H22N2O3. The molecule has 0 aromatic heterocycles. The van der Waals surface area contributed by atoms with Gasteiger partial charge in [-0.05, 0) is 34.6 Å². The lowest BCUT2D eigenvalue weighted by Gasteiger charge is -2.21. The molecule has 0 heterocycles. The fraction of sp³-hybridized carbons (Fsp3) is 0.818. The van der Waals surface area contributed by atoms with Gasteiger partial charge in [0, 0.05) is 12.6 Å². The molecule has 0 spiro atoms. The molecule has 0 aromatic rings. The van der Waals surface area contributed by atoms with E-state index in [-0.39, 0.29) is 24.6 Å². The Hall–Kier alpha value is -1.26. The highest BCUT2D eigenvalue weighted by atomic mass is 16.6. The third-order valence-electron chi connectivity index (χ3n) is 1.76. The topological polar surface area (TPSA) is 58.6 Å². The minimum Gasteiger partial charge on any atom is -0.447 e. The molecule has 1 N–H and O–H groups in total. The first kappa shape index (κ1) is 14.7. The largest absolute Gasteiger partial charge is 0.447 e. The van der Waals surface area contributed by atoms with E-state index < -0.39 is 6.09 Å². The number of amides is 2. The second-order valence-corrected chi connectivity index (χ2v) is 4.17. The zero-order valence-corrected chi connectivity index (χ0v) is 10.7. The van der Waals surface area contributed by atoms with Gasteiger partial charge in [0.2, 0.25) is 5.91 Å². The highest BCUT2D eigenvalue weighted by Gasteiger charge is 2.17. The Kier molecular flexibility index (Phi) is 6.53. The molecule has 0 saturated carbocycles. The van der Waals surface area contributed by atoms with Crippen molar-refractivity contribution in [2.45, 2.75) is 46.8 Å². The summed E-state index contributed by atoms with van der Waals surface area (Å²) in [5.74, 6) is -0.169. The second kappa shape index (κ2) is 7.09. The van der Waals surface area contributed by atoms with Crippen LogP contribution >= 0.6 is 0 Å². The van der Waals surface area contributed by atoms with Crippen LogP contribution in [0.2, 0.25) is 0 Å². The molecule has 16 heavy (non-hydrogen) atoms. The molecule has 0 aliphatic carbocycles. The Labute approximate surface area is 97.1 Å². The quantitative estimate of drug-likeness (QED) is 0.776. The third-order valence-corrected chi connectivity index (χ3v) is 1.76. The minimum atomic E-state index is -0.448. The Morgan fingerprint density at radius 3 is 2.19 bits per heavy atom. The smallest absolute Gasteiger partial charge is 0.410 e. The first-order chi connectivity index (χ1) is 7.36. The predicted octanol–water partition coefficient (Wildman–Crippen LogP) is 1.38. The number of carbonyl (C=O) groups is 2. The average molecular weight is 230 g/mol. The van der Waals surface area contributed by atoms with Gasteiger partial charge in [0.15, 0.2) is 0 Å². The minimum absolute atomic E-state index is 0.0419. The van der Waals surface area contributed by atoms with Crippen molar-refractivity contribution in [1.29, 1.82) is 0 Å². The summed E-state index contributed by atoms with van der Waals surface area (Å²) in [6, 6.07) is 0.0762. The molecule has 0 aliphatic rings. The van der Waals surface area contributed by atoms with E-state index in [4.69, 9.17) is 4.74 Å². The maximum atomic E-state index is 11.5. The average Bonchev–Trinajstić information content (AvgIpc) is 2.11. The van der Waals surface area contributed by atoms with Crippen LogP contribution in [-0.4, -0.2) is 42.1 Å². The van der Waals surface area contributed by atoms with Crippen LogP contribution in [0.4, 0.5) is 4.79 Å². The summed E-state index contributed by atoms with van der Waals surface area (Å²) >= 11 is 0. The van der Waals surface area contributed by atoms with Gasteiger partial charge in [-0.2, -0.15) is 0 Å². The van der Waals surface area contributed by atoms with Crippen molar-refractivity contribution in [3.8, 4) is 0 Å². The lowest BCUT2D eigenvalue weighted by Crippen LogP contribution is -2.43. The molecule has 0 unspecified atom stereocenters. The molecule has 94 valence electrons. The first-order valence-corrected chi connectivity index (χ1v) is 5.61. The zero-order valence-electron chi connectivity index (χ0n) is 10.7. The van der Waals surface area contributed by atoms with Crippen molar-refractivity contribution in [2.75, 3.05) is 13.1 Å². The van der Waals surface area contributed by atoms with E-state index in [1.54, 1.807) is 13.8 Å².